The maximum Gasteiger partial charge on any atom is 0.193 e. The predicted molar refractivity (Wildman–Crippen MR) is 99.6 cm³/mol. The van der Waals surface area contributed by atoms with Crippen molar-refractivity contribution in [2.24, 2.45) is 4.99 Å². The van der Waals surface area contributed by atoms with Crippen molar-refractivity contribution in [3.8, 4) is 0 Å². The van der Waals surface area contributed by atoms with Gasteiger partial charge in [-0.05, 0) is 24.5 Å². The molecule has 132 valence electrons. The van der Waals surface area contributed by atoms with Gasteiger partial charge in [-0.1, -0.05) is 34.1 Å². The minimum Gasteiger partial charge on any atom is -0.382 e. The minimum absolute atomic E-state index is 0.112. The highest BCUT2D eigenvalue weighted by Gasteiger charge is 2.45. The van der Waals surface area contributed by atoms with Crippen LogP contribution in [0.1, 0.15) is 18.4 Å². The first-order chi connectivity index (χ1) is 11.7. The second kappa shape index (κ2) is 7.85. The number of halogens is 1. The third kappa shape index (κ3) is 3.92. The molecule has 24 heavy (non-hydrogen) atoms. The summed E-state index contributed by atoms with van der Waals surface area (Å²) < 4.78 is 12.2. The number of benzene rings is 1. The van der Waals surface area contributed by atoms with Crippen LogP contribution in [0.2, 0.25) is 0 Å². The van der Waals surface area contributed by atoms with Crippen LogP contribution in [0.15, 0.2) is 33.7 Å². The van der Waals surface area contributed by atoms with Crippen LogP contribution in [0, 0.1) is 0 Å². The Morgan fingerprint density at radius 2 is 2.25 bits per heavy atom. The number of aliphatic imine (C=N–C) groups is 1. The molecule has 2 aliphatic rings. The van der Waals surface area contributed by atoms with Gasteiger partial charge in [0.1, 0.15) is 0 Å². The van der Waals surface area contributed by atoms with Gasteiger partial charge in [-0.25, -0.2) is 0 Å². The Bertz CT molecular complexity index is 587. The van der Waals surface area contributed by atoms with Crippen molar-refractivity contribution in [3.05, 3.63) is 34.3 Å². The van der Waals surface area contributed by atoms with Crippen molar-refractivity contribution in [2.75, 3.05) is 47.0 Å². The zero-order valence-corrected chi connectivity index (χ0v) is 16.0. The Hall–Kier alpha value is -1.11. The van der Waals surface area contributed by atoms with Gasteiger partial charge in [-0.2, -0.15) is 0 Å². The zero-order chi connectivity index (χ0) is 17.0. The number of methoxy groups -OCH3 is 1. The fraction of sp³-hybridized carbons (Fsp3) is 0.611. The minimum atomic E-state index is 0.112. The topological polar surface area (TPSA) is 46.1 Å². The van der Waals surface area contributed by atoms with Crippen molar-refractivity contribution >= 4 is 21.9 Å². The number of guanidine groups is 1. The Kier molecular flexibility index (Phi) is 5.79. The molecule has 1 atom stereocenters. The molecule has 5 nitrogen and oxygen atoms in total. The van der Waals surface area contributed by atoms with E-state index in [0.29, 0.717) is 13.2 Å². The van der Waals surface area contributed by atoms with E-state index < -0.39 is 0 Å². The van der Waals surface area contributed by atoms with Crippen LogP contribution in [0.4, 0.5) is 0 Å². The molecule has 1 aliphatic carbocycles. The molecule has 1 aliphatic heterocycles. The normalized spacial score (nSPS) is 23.2. The molecular weight excluding hydrogens is 370 g/mol. The first-order valence-electron chi connectivity index (χ1n) is 8.50. The third-order valence-electron chi connectivity index (χ3n) is 4.89. The van der Waals surface area contributed by atoms with Gasteiger partial charge < -0.3 is 19.7 Å². The maximum absolute atomic E-state index is 5.73. The fourth-order valence-electron chi connectivity index (χ4n) is 3.36. The van der Waals surface area contributed by atoms with Crippen molar-refractivity contribution in [2.45, 2.75) is 24.4 Å². The third-order valence-corrected chi connectivity index (χ3v) is 5.58. The SMILES string of the molecule is CN=C(NCC1(c2ccccc2Br)CC1)N1CCOC(COC)C1. The molecule has 0 radical (unpaired) electrons. The fourth-order valence-corrected chi connectivity index (χ4v) is 4.07. The smallest absolute Gasteiger partial charge is 0.193 e. The number of hydrogen-bond acceptors (Lipinski definition) is 3. The second-order valence-electron chi connectivity index (χ2n) is 6.56. The molecule has 1 aromatic carbocycles. The van der Waals surface area contributed by atoms with Gasteiger partial charge in [0.05, 0.1) is 19.3 Å². The Balaban J connectivity index is 1.61. The van der Waals surface area contributed by atoms with Crippen molar-refractivity contribution in [1.82, 2.24) is 10.2 Å². The Morgan fingerprint density at radius 3 is 2.92 bits per heavy atom. The van der Waals surface area contributed by atoms with E-state index in [0.717, 1.165) is 25.6 Å². The largest absolute Gasteiger partial charge is 0.382 e. The summed E-state index contributed by atoms with van der Waals surface area (Å²) in [6, 6.07) is 8.54. The number of morpholine rings is 1. The van der Waals surface area contributed by atoms with Crippen LogP contribution in [-0.2, 0) is 14.9 Å². The van der Waals surface area contributed by atoms with Gasteiger partial charge in [-0.15, -0.1) is 0 Å². The molecule has 1 N–H and O–H groups in total. The summed E-state index contributed by atoms with van der Waals surface area (Å²) in [6.07, 6.45) is 2.55. The summed E-state index contributed by atoms with van der Waals surface area (Å²) in [5.41, 5.74) is 1.63. The lowest BCUT2D eigenvalue weighted by Gasteiger charge is -2.35. The van der Waals surface area contributed by atoms with Gasteiger partial charge in [-0.3, -0.25) is 4.99 Å². The lowest BCUT2D eigenvalue weighted by molar-refractivity contribution is -0.0447. The van der Waals surface area contributed by atoms with E-state index in [9.17, 15) is 0 Å². The average Bonchev–Trinajstić information content (AvgIpc) is 3.37. The number of ether oxygens (including phenoxy) is 2. The standard InChI is InChI=1S/C18H26BrN3O2/c1-20-17(22-9-10-24-14(11-22)12-23-2)21-13-18(7-8-18)15-5-3-4-6-16(15)19/h3-6,14H,7-13H2,1-2H3,(H,20,21). The summed E-state index contributed by atoms with van der Waals surface area (Å²) in [5, 5.41) is 3.59. The second-order valence-corrected chi connectivity index (χ2v) is 7.41. The summed E-state index contributed by atoms with van der Waals surface area (Å²) in [6.45, 7) is 3.92. The molecule has 3 rings (SSSR count). The van der Waals surface area contributed by atoms with Crippen LogP contribution < -0.4 is 5.32 Å². The van der Waals surface area contributed by atoms with E-state index in [1.54, 1.807) is 7.11 Å². The van der Waals surface area contributed by atoms with E-state index in [1.165, 1.54) is 22.9 Å². The van der Waals surface area contributed by atoms with Crippen molar-refractivity contribution in [1.29, 1.82) is 0 Å². The van der Waals surface area contributed by atoms with Gasteiger partial charge in [0.15, 0.2) is 5.96 Å². The highest BCUT2D eigenvalue weighted by atomic mass is 79.9. The van der Waals surface area contributed by atoms with Gasteiger partial charge in [0.2, 0.25) is 0 Å². The number of hydrogen-bond donors (Lipinski definition) is 1. The molecule has 1 aromatic rings. The number of nitrogens with zero attached hydrogens (tertiary/aromatic N) is 2. The van der Waals surface area contributed by atoms with Gasteiger partial charge >= 0.3 is 0 Å². The summed E-state index contributed by atoms with van der Waals surface area (Å²) in [7, 11) is 3.56. The summed E-state index contributed by atoms with van der Waals surface area (Å²) in [4.78, 5) is 6.74. The van der Waals surface area contributed by atoms with Crippen LogP contribution >= 0.6 is 15.9 Å². The molecule has 1 unspecified atom stereocenters. The molecule has 0 aromatic heterocycles. The van der Waals surface area contributed by atoms with Crippen molar-refractivity contribution < 1.29 is 9.47 Å². The molecule has 6 heteroatoms. The maximum atomic E-state index is 5.73. The number of rotatable bonds is 5. The molecule has 1 saturated carbocycles. The lowest BCUT2D eigenvalue weighted by Crippen LogP contribution is -2.52. The van der Waals surface area contributed by atoms with Crippen LogP contribution in [0.25, 0.3) is 0 Å². The molecule has 0 bridgehead atoms. The molecule has 1 saturated heterocycles. The van der Waals surface area contributed by atoms with Crippen LogP contribution in [-0.4, -0.2) is 64.0 Å². The first-order valence-corrected chi connectivity index (χ1v) is 9.29. The Morgan fingerprint density at radius 1 is 1.46 bits per heavy atom. The molecule has 1 heterocycles. The zero-order valence-electron chi connectivity index (χ0n) is 14.4. The van der Waals surface area contributed by atoms with Gasteiger partial charge in [0.25, 0.3) is 0 Å². The first kappa shape index (κ1) is 17.7. The average molecular weight is 396 g/mol. The quantitative estimate of drug-likeness (QED) is 0.614. The predicted octanol–water partition coefficient (Wildman–Crippen LogP) is 2.40. The molecule has 2 fully saturated rings. The molecule has 0 amide bonds. The van der Waals surface area contributed by atoms with E-state index in [1.807, 2.05) is 7.05 Å². The van der Waals surface area contributed by atoms with Gasteiger partial charge in [0, 0.05) is 43.7 Å². The molecular formula is C18H26BrN3O2. The van der Waals surface area contributed by atoms with Crippen molar-refractivity contribution in [3.63, 3.8) is 0 Å². The van der Waals surface area contributed by atoms with E-state index in [-0.39, 0.29) is 11.5 Å². The van der Waals surface area contributed by atoms with E-state index in [2.05, 4.69) is 55.4 Å². The summed E-state index contributed by atoms with van der Waals surface area (Å²) >= 11 is 3.70. The Labute approximate surface area is 152 Å². The van der Waals surface area contributed by atoms with E-state index >= 15 is 0 Å². The van der Waals surface area contributed by atoms with E-state index in [4.69, 9.17) is 9.47 Å². The number of nitrogens with one attached hydrogen (secondary N) is 1. The monoisotopic (exact) mass is 395 g/mol. The highest BCUT2D eigenvalue weighted by molar-refractivity contribution is 9.10. The summed E-state index contributed by atoms with van der Waals surface area (Å²) in [5.74, 6) is 0.956. The molecule has 0 spiro atoms. The lowest BCUT2D eigenvalue weighted by atomic mass is 9.96. The van der Waals surface area contributed by atoms with Crippen LogP contribution in [0.5, 0.6) is 0 Å². The van der Waals surface area contributed by atoms with Crippen LogP contribution in [0.3, 0.4) is 0 Å². The highest BCUT2D eigenvalue weighted by Crippen LogP contribution is 2.49.